The van der Waals surface area contributed by atoms with Crippen LogP contribution in [0.3, 0.4) is 0 Å². The molecule has 4 aromatic rings. The highest BCUT2D eigenvalue weighted by Crippen LogP contribution is 2.33. The average Bonchev–Trinajstić information content (AvgIpc) is 3.50. The number of nitrogens with one attached hydrogen (secondary N) is 2. The van der Waals surface area contributed by atoms with E-state index < -0.39 is 22.7 Å². The van der Waals surface area contributed by atoms with Crippen molar-refractivity contribution in [1.29, 1.82) is 0 Å². The third-order valence-electron chi connectivity index (χ3n) is 6.09. The number of nitro groups is 1. The minimum atomic E-state index is -0.751. The van der Waals surface area contributed by atoms with Crippen molar-refractivity contribution in [2.24, 2.45) is 5.10 Å². The van der Waals surface area contributed by atoms with E-state index in [9.17, 15) is 24.5 Å². The number of non-ortho nitro benzene ring substituents is 1. The average molecular weight is 657 g/mol. The van der Waals surface area contributed by atoms with Crippen LogP contribution in [0.1, 0.15) is 31.8 Å². The van der Waals surface area contributed by atoms with E-state index in [4.69, 9.17) is 14.2 Å². The molecule has 0 atom stereocenters. The van der Waals surface area contributed by atoms with Crippen LogP contribution in [0, 0.1) is 10.1 Å². The Morgan fingerprint density at radius 3 is 2.41 bits per heavy atom. The molecule has 5 rings (SSSR count). The molecule has 1 aliphatic heterocycles. The number of fused-ring (bicyclic) bond motifs is 1. The molecule has 0 aliphatic carbocycles. The maximum Gasteiger partial charge on any atom is 0.343 e. The molecule has 2 amide bonds. The molecular formula is C31H21BrN4O8. The van der Waals surface area contributed by atoms with E-state index in [0.717, 1.165) is 0 Å². The van der Waals surface area contributed by atoms with E-state index in [1.54, 1.807) is 60.7 Å². The first-order valence-electron chi connectivity index (χ1n) is 12.8. The number of amides is 2. The fourth-order valence-corrected chi connectivity index (χ4v) is 4.30. The van der Waals surface area contributed by atoms with Crippen molar-refractivity contribution in [3.8, 4) is 17.2 Å². The molecule has 4 aromatic carbocycles. The Balaban J connectivity index is 1.34. The first kappa shape index (κ1) is 29.7. The topological polar surface area (TPSA) is 158 Å². The van der Waals surface area contributed by atoms with Crippen molar-refractivity contribution in [2.75, 3.05) is 6.79 Å². The second-order valence-electron chi connectivity index (χ2n) is 9.07. The molecule has 1 heterocycles. The third kappa shape index (κ3) is 7.33. The lowest BCUT2D eigenvalue weighted by atomic mass is 10.1. The minimum Gasteiger partial charge on any atom is -0.454 e. The third-order valence-corrected chi connectivity index (χ3v) is 6.59. The minimum absolute atomic E-state index is 0.0794. The molecule has 2 N–H and O–H groups in total. The van der Waals surface area contributed by atoms with Gasteiger partial charge in [-0.1, -0.05) is 40.2 Å². The summed E-state index contributed by atoms with van der Waals surface area (Å²) in [6.45, 7) is 0.0794. The van der Waals surface area contributed by atoms with Gasteiger partial charge in [-0.3, -0.25) is 19.7 Å². The van der Waals surface area contributed by atoms with Crippen LogP contribution in [0.5, 0.6) is 17.2 Å². The van der Waals surface area contributed by atoms with Gasteiger partial charge in [0.1, 0.15) is 11.4 Å². The SMILES string of the molecule is O=C(N/N=C\c1cc(Br)ccc1OC(=O)c1ccc([N+](=O)[O-])cc1)/C(=C\c1ccc2c(c1)OCO2)NC(=O)c1ccccc1. The molecule has 0 unspecified atom stereocenters. The zero-order valence-electron chi connectivity index (χ0n) is 22.6. The van der Waals surface area contributed by atoms with Crippen molar-refractivity contribution in [2.45, 2.75) is 0 Å². The molecule has 0 saturated heterocycles. The predicted molar refractivity (Wildman–Crippen MR) is 162 cm³/mol. The van der Waals surface area contributed by atoms with Gasteiger partial charge in [0.05, 0.1) is 16.7 Å². The van der Waals surface area contributed by atoms with Gasteiger partial charge in [0.2, 0.25) is 6.79 Å². The quantitative estimate of drug-likeness (QED) is 0.0619. The highest BCUT2D eigenvalue weighted by atomic mass is 79.9. The van der Waals surface area contributed by atoms with E-state index in [1.165, 1.54) is 42.6 Å². The first-order valence-corrected chi connectivity index (χ1v) is 13.6. The Bertz CT molecular complexity index is 1810. The second kappa shape index (κ2) is 13.4. The fourth-order valence-electron chi connectivity index (χ4n) is 3.92. The number of carbonyl (C=O) groups is 3. The smallest absolute Gasteiger partial charge is 0.343 e. The van der Waals surface area contributed by atoms with Crippen LogP contribution >= 0.6 is 15.9 Å². The van der Waals surface area contributed by atoms with Gasteiger partial charge in [-0.05, 0) is 66.2 Å². The summed E-state index contributed by atoms with van der Waals surface area (Å²) in [4.78, 5) is 49.1. The summed E-state index contributed by atoms with van der Waals surface area (Å²) in [5.74, 6) is -0.824. The zero-order valence-corrected chi connectivity index (χ0v) is 24.1. The molecule has 0 spiro atoms. The van der Waals surface area contributed by atoms with Crippen molar-refractivity contribution in [3.63, 3.8) is 0 Å². The second-order valence-corrected chi connectivity index (χ2v) is 9.98. The zero-order chi connectivity index (χ0) is 31.1. The number of nitro benzene ring substituents is 1. The molecular weight excluding hydrogens is 636 g/mol. The number of esters is 1. The fraction of sp³-hybridized carbons (Fsp3) is 0.0323. The van der Waals surface area contributed by atoms with E-state index >= 15 is 0 Å². The summed E-state index contributed by atoms with van der Waals surface area (Å²) in [6, 6.07) is 23.2. The number of hydrazone groups is 1. The van der Waals surface area contributed by atoms with E-state index in [2.05, 4.69) is 31.8 Å². The van der Waals surface area contributed by atoms with Gasteiger partial charge >= 0.3 is 5.97 Å². The number of ether oxygens (including phenoxy) is 3. The van der Waals surface area contributed by atoms with Gasteiger partial charge in [0, 0.05) is 27.7 Å². The van der Waals surface area contributed by atoms with Crippen molar-refractivity contribution >= 4 is 51.7 Å². The van der Waals surface area contributed by atoms with Crippen LogP contribution in [-0.4, -0.2) is 35.7 Å². The summed E-state index contributed by atoms with van der Waals surface area (Å²) in [7, 11) is 0. The molecule has 0 saturated carbocycles. The highest BCUT2D eigenvalue weighted by Gasteiger charge is 2.18. The van der Waals surface area contributed by atoms with Gasteiger partial charge in [0.15, 0.2) is 11.5 Å². The standard InChI is InChI=1S/C31H21BrN4O8/c32-23-9-13-26(44-31(39)21-7-10-24(11-8-21)36(40)41)22(16-23)17-33-35-30(38)25(34-29(37)20-4-2-1-3-5-20)14-19-6-12-27-28(15-19)43-18-42-27/h1-17H,18H2,(H,34,37)(H,35,38)/b25-14+,33-17-. The number of rotatable bonds is 9. The van der Waals surface area contributed by atoms with Crippen molar-refractivity contribution in [3.05, 3.63) is 134 Å². The molecule has 13 heteroatoms. The molecule has 220 valence electrons. The lowest BCUT2D eigenvalue weighted by molar-refractivity contribution is -0.384. The molecule has 0 fully saturated rings. The lowest BCUT2D eigenvalue weighted by Gasteiger charge is -2.10. The van der Waals surface area contributed by atoms with Crippen LogP contribution in [-0.2, 0) is 4.79 Å². The van der Waals surface area contributed by atoms with Crippen LogP contribution in [0.4, 0.5) is 5.69 Å². The van der Waals surface area contributed by atoms with Gasteiger partial charge in [0.25, 0.3) is 17.5 Å². The first-order chi connectivity index (χ1) is 21.3. The molecule has 0 aromatic heterocycles. The van der Waals surface area contributed by atoms with Crippen LogP contribution in [0.15, 0.2) is 106 Å². The lowest BCUT2D eigenvalue weighted by Crippen LogP contribution is -2.32. The normalized spacial score (nSPS) is 12.1. The number of benzene rings is 4. The Morgan fingerprint density at radius 2 is 1.66 bits per heavy atom. The Morgan fingerprint density at radius 1 is 0.909 bits per heavy atom. The van der Waals surface area contributed by atoms with Gasteiger partial charge in [-0.15, -0.1) is 0 Å². The van der Waals surface area contributed by atoms with Crippen LogP contribution in [0.2, 0.25) is 0 Å². The van der Waals surface area contributed by atoms with Gasteiger partial charge in [-0.2, -0.15) is 5.10 Å². The number of hydrogen-bond donors (Lipinski definition) is 2. The van der Waals surface area contributed by atoms with Crippen LogP contribution < -0.4 is 25.0 Å². The number of nitrogens with zero attached hydrogens (tertiary/aromatic N) is 2. The monoisotopic (exact) mass is 656 g/mol. The Kier molecular flexibility index (Phi) is 9.06. The maximum absolute atomic E-state index is 13.2. The highest BCUT2D eigenvalue weighted by molar-refractivity contribution is 9.10. The van der Waals surface area contributed by atoms with Crippen molar-refractivity contribution in [1.82, 2.24) is 10.7 Å². The van der Waals surface area contributed by atoms with Crippen LogP contribution in [0.25, 0.3) is 6.08 Å². The molecule has 0 radical (unpaired) electrons. The number of carbonyl (C=O) groups excluding carboxylic acids is 3. The number of hydrogen-bond acceptors (Lipinski definition) is 9. The summed E-state index contributed by atoms with van der Waals surface area (Å²) in [5.41, 5.74) is 3.44. The Labute approximate surface area is 258 Å². The van der Waals surface area contributed by atoms with E-state index in [-0.39, 0.29) is 29.5 Å². The Hall–Kier alpha value is -5.82. The van der Waals surface area contributed by atoms with Gasteiger partial charge < -0.3 is 19.5 Å². The van der Waals surface area contributed by atoms with Gasteiger partial charge in [-0.25, -0.2) is 10.2 Å². The predicted octanol–water partition coefficient (Wildman–Crippen LogP) is 5.23. The van der Waals surface area contributed by atoms with E-state index in [1.807, 2.05) is 0 Å². The summed E-state index contributed by atoms with van der Waals surface area (Å²) in [5, 5.41) is 17.5. The summed E-state index contributed by atoms with van der Waals surface area (Å²) >= 11 is 3.35. The maximum atomic E-state index is 13.2. The summed E-state index contributed by atoms with van der Waals surface area (Å²) in [6.07, 6.45) is 2.72. The molecule has 44 heavy (non-hydrogen) atoms. The van der Waals surface area contributed by atoms with Crippen molar-refractivity contribution < 1.29 is 33.5 Å². The largest absolute Gasteiger partial charge is 0.454 e. The molecule has 1 aliphatic rings. The summed E-state index contributed by atoms with van der Waals surface area (Å²) < 4.78 is 16.9. The van der Waals surface area contributed by atoms with E-state index in [0.29, 0.717) is 32.7 Å². The number of halogens is 1. The molecule has 12 nitrogen and oxygen atoms in total. The molecule has 0 bridgehead atoms.